The van der Waals surface area contributed by atoms with Crippen molar-refractivity contribution >= 4 is 11.9 Å². The number of ketones is 1. The lowest BCUT2D eigenvalue weighted by Gasteiger charge is -2.42. The van der Waals surface area contributed by atoms with Gasteiger partial charge in [0.15, 0.2) is 23.5 Å². The summed E-state index contributed by atoms with van der Waals surface area (Å²) in [6.07, 6.45) is -13.8. The summed E-state index contributed by atoms with van der Waals surface area (Å²) in [6.45, 7) is 0.947. The molecule has 2 fully saturated rings. The van der Waals surface area contributed by atoms with Crippen LogP contribution in [0, 0.1) is 0 Å². The minimum absolute atomic E-state index is 0.103. The fourth-order valence-corrected chi connectivity index (χ4v) is 4.74. The average molecular weight is 595 g/mol. The molecule has 228 valence electrons. The van der Waals surface area contributed by atoms with Crippen LogP contribution >= 0.6 is 0 Å². The predicted octanol–water partition coefficient (Wildman–Crippen LogP) is -1.55. The lowest BCUT2D eigenvalue weighted by molar-refractivity contribution is -0.318. The van der Waals surface area contributed by atoms with Crippen LogP contribution in [0.2, 0.25) is 0 Å². The standard InChI is InChI=1S/C27H30O15/c1-9-19(31)22(34)24(36)26(39-9)38-8-17-21(33)23(35)25(37)27(42-17)40-11-6-14(30)18-15(7-11)41-16(20(18)32)5-10-2-3-12(28)13(29)4-10/h2-7,9,17,19,21-31,33-37H,8H2,1H3/t9-,17+,19-,21+,22+,23-,24+,25+,26+,27+/m0/s1. The van der Waals surface area contributed by atoms with Crippen LogP contribution in [0.4, 0.5) is 0 Å². The van der Waals surface area contributed by atoms with E-state index in [1.807, 2.05) is 0 Å². The van der Waals surface area contributed by atoms with Crippen molar-refractivity contribution in [3.8, 4) is 28.7 Å². The van der Waals surface area contributed by atoms with Crippen LogP contribution in [0.25, 0.3) is 6.08 Å². The molecule has 0 unspecified atom stereocenters. The van der Waals surface area contributed by atoms with Crippen molar-refractivity contribution in [2.24, 2.45) is 0 Å². The van der Waals surface area contributed by atoms with Crippen LogP contribution < -0.4 is 9.47 Å². The van der Waals surface area contributed by atoms with Gasteiger partial charge in [0.05, 0.1) is 12.7 Å². The first-order chi connectivity index (χ1) is 19.8. The van der Waals surface area contributed by atoms with E-state index in [4.69, 9.17) is 23.7 Å². The highest BCUT2D eigenvalue weighted by Gasteiger charge is 2.47. The minimum Gasteiger partial charge on any atom is -0.507 e. The topological polar surface area (TPSA) is 245 Å². The average Bonchev–Trinajstić information content (AvgIpc) is 3.26. The molecule has 0 amide bonds. The molecule has 2 aromatic rings. The fraction of sp³-hybridized carbons (Fsp3) is 0.444. The van der Waals surface area contributed by atoms with E-state index < -0.39 is 85.3 Å². The molecular formula is C27H30O15. The maximum absolute atomic E-state index is 12.8. The number of rotatable bonds is 6. The molecule has 0 aromatic heterocycles. The zero-order chi connectivity index (χ0) is 30.5. The quantitative estimate of drug-likeness (QED) is 0.136. The summed E-state index contributed by atoms with van der Waals surface area (Å²) in [5.41, 5.74) is 0.138. The molecule has 0 bridgehead atoms. The number of carbonyl (C=O) groups excluding carboxylic acids is 1. The molecule has 3 aliphatic rings. The highest BCUT2D eigenvalue weighted by atomic mass is 16.7. The second-order valence-electron chi connectivity index (χ2n) is 10.2. The smallest absolute Gasteiger partial charge is 0.235 e. The Bertz CT molecular complexity index is 1360. The molecule has 0 saturated carbocycles. The number of phenolic OH excluding ortho intramolecular Hbond substituents is 3. The Morgan fingerprint density at radius 1 is 0.786 bits per heavy atom. The van der Waals surface area contributed by atoms with Gasteiger partial charge in [-0.05, 0) is 30.7 Å². The Kier molecular flexibility index (Phi) is 8.30. The molecule has 3 aliphatic heterocycles. The maximum atomic E-state index is 12.8. The van der Waals surface area contributed by atoms with Crippen LogP contribution in [0.3, 0.4) is 0 Å². The van der Waals surface area contributed by atoms with Crippen molar-refractivity contribution in [3.63, 3.8) is 0 Å². The van der Waals surface area contributed by atoms with Gasteiger partial charge in [-0.15, -0.1) is 0 Å². The predicted molar refractivity (Wildman–Crippen MR) is 136 cm³/mol. The summed E-state index contributed by atoms with van der Waals surface area (Å²) in [5, 5.41) is 90.9. The third-order valence-electron chi connectivity index (χ3n) is 7.18. The molecule has 5 rings (SSSR count). The van der Waals surface area contributed by atoms with E-state index in [-0.39, 0.29) is 28.6 Å². The van der Waals surface area contributed by atoms with E-state index in [1.54, 1.807) is 0 Å². The van der Waals surface area contributed by atoms with E-state index in [9.17, 15) is 50.8 Å². The molecule has 3 heterocycles. The summed E-state index contributed by atoms with van der Waals surface area (Å²) in [7, 11) is 0. The molecule has 2 saturated heterocycles. The number of aromatic hydroxyl groups is 3. The Morgan fingerprint density at radius 3 is 2.19 bits per heavy atom. The summed E-state index contributed by atoms with van der Waals surface area (Å²) < 4.78 is 27.5. The van der Waals surface area contributed by atoms with Gasteiger partial charge in [0, 0.05) is 12.1 Å². The van der Waals surface area contributed by atoms with E-state index in [1.165, 1.54) is 37.3 Å². The first kappa shape index (κ1) is 30.0. The summed E-state index contributed by atoms with van der Waals surface area (Å²) in [4.78, 5) is 12.8. The van der Waals surface area contributed by atoms with Crippen molar-refractivity contribution < 1.29 is 74.4 Å². The number of fused-ring (bicyclic) bond motifs is 1. The molecule has 10 atom stereocenters. The van der Waals surface area contributed by atoms with E-state index in [0.717, 1.165) is 6.07 Å². The van der Waals surface area contributed by atoms with E-state index in [2.05, 4.69) is 0 Å². The molecule has 15 heteroatoms. The number of Topliss-reactive ketones (excluding diaryl/α,β-unsaturated/α-hetero) is 1. The third-order valence-corrected chi connectivity index (χ3v) is 7.18. The number of benzene rings is 2. The highest BCUT2D eigenvalue weighted by molar-refractivity contribution is 6.16. The van der Waals surface area contributed by atoms with Crippen molar-refractivity contribution in [3.05, 3.63) is 47.2 Å². The molecule has 0 radical (unpaired) electrons. The second-order valence-corrected chi connectivity index (χ2v) is 10.2. The Labute approximate surface area is 237 Å². The molecule has 0 spiro atoms. The fourth-order valence-electron chi connectivity index (χ4n) is 4.74. The molecule has 9 N–H and O–H groups in total. The van der Waals surface area contributed by atoms with Gasteiger partial charge in [-0.2, -0.15) is 0 Å². The van der Waals surface area contributed by atoms with Gasteiger partial charge in [0.2, 0.25) is 12.1 Å². The highest BCUT2D eigenvalue weighted by Crippen LogP contribution is 2.42. The van der Waals surface area contributed by atoms with Crippen LogP contribution in [0.5, 0.6) is 28.7 Å². The van der Waals surface area contributed by atoms with E-state index >= 15 is 0 Å². The zero-order valence-electron chi connectivity index (χ0n) is 21.9. The molecule has 42 heavy (non-hydrogen) atoms. The van der Waals surface area contributed by atoms with Crippen LogP contribution in [-0.4, -0.2) is 120 Å². The molecule has 0 aliphatic carbocycles. The Morgan fingerprint density at radius 2 is 1.48 bits per heavy atom. The molecule has 2 aromatic carbocycles. The Balaban J connectivity index is 1.29. The number of aliphatic hydroxyl groups excluding tert-OH is 6. The van der Waals surface area contributed by atoms with Crippen LogP contribution in [0.15, 0.2) is 36.1 Å². The number of hydrogen-bond donors (Lipinski definition) is 9. The normalized spacial score (nSPS) is 35.6. The number of hydrogen-bond acceptors (Lipinski definition) is 15. The van der Waals surface area contributed by atoms with Crippen LogP contribution in [-0.2, 0) is 14.2 Å². The maximum Gasteiger partial charge on any atom is 0.235 e. The molecule has 15 nitrogen and oxygen atoms in total. The monoisotopic (exact) mass is 594 g/mol. The van der Waals surface area contributed by atoms with Crippen molar-refractivity contribution in [1.82, 2.24) is 0 Å². The number of allylic oxidation sites excluding steroid dienone is 1. The van der Waals surface area contributed by atoms with Gasteiger partial charge in [-0.25, -0.2) is 0 Å². The largest absolute Gasteiger partial charge is 0.507 e. The summed E-state index contributed by atoms with van der Waals surface area (Å²) in [5.74, 6) is -2.43. The van der Waals surface area contributed by atoms with Crippen molar-refractivity contribution in [1.29, 1.82) is 0 Å². The van der Waals surface area contributed by atoms with Crippen molar-refractivity contribution in [2.45, 2.75) is 68.3 Å². The lowest BCUT2D eigenvalue weighted by atomic mass is 9.98. The van der Waals surface area contributed by atoms with Gasteiger partial charge in [-0.3, -0.25) is 4.79 Å². The van der Waals surface area contributed by atoms with Gasteiger partial charge >= 0.3 is 0 Å². The van der Waals surface area contributed by atoms with Gasteiger partial charge in [-0.1, -0.05) is 6.07 Å². The van der Waals surface area contributed by atoms with Gasteiger partial charge < -0.3 is 69.6 Å². The van der Waals surface area contributed by atoms with E-state index in [0.29, 0.717) is 5.56 Å². The summed E-state index contributed by atoms with van der Waals surface area (Å²) in [6, 6.07) is 6.11. The summed E-state index contributed by atoms with van der Waals surface area (Å²) >= 11 is 0. The number of ether oxygens (including phenoxy) is 5. The van der Waals surface area contributed by atoms with Gasteiger partial charge in [0.1, 0.15) is 65.5 Å². The number of phenols is 3. The lowest BCUT2D eigenvalue weighted by Crippen LogP contribution is -2.61. The minimum atomic E-state index is -1.78. The first-order valence-electron chi connectivity index (χ1n) is 12.9. The van der Waals surface area contributed by atoms with Crippen LogP contribution in [0.1, 0.15) is 22.8 Å². The SMILES string of the molecule is C[C@@H]1O[C@@H](OC[C@H]2O[C@@H](Oc3cc(O)c4c(c3)OC(=Cc3ccc(O)c(O)c3)C4=O)[C@H](O)[C@@H](O)[C@@H]2O)[C@H](O)[C@H](O)[C@H]1O. The van der Waals surface area contributed by atoms with Crippen molar-refractivity contribution in [2.75, 3.05) is 6.61 Å². The number of carbonyl (C=O) groups is 1. The Hall–Kier alpha value is -3.51. The number of aliphatic hydroxyl groups is 6. The molecular weight excluding hydrogens is 564 g/mol. The zero-order valence-corrected chi connectivity index (χ0v) is 21.9. The first-order valence-corrected chi connectivity index (χ1v) is 12.9. The van der Waals surface area contributed by atoms with Gasteiger partial charge in [0.25, 0.3) is 0 Å². The third kappa shape index (κ3) is 5.61. The second kappa shape index (κ2) is 11.6.